The summed E-state index contributed by atoms with van der Waals surface area (Å²) < 4.78 is 5.22. The molecule has 28 heavy (non-hydrogen) atoms. The molecule has 0 bridgehead atoms. The van der Waals surface area contributed by atoms with Gasteiger partial charge in [-0.3, -0.25) is 9.59 Å². The van der Waals surface area contributed by atoms with Crippen molar-refractivity contribution in [2.45, 2.75) is 97.2 Å². The third-order valence-corrected chi connectivity index (χ3v) is 3.85. The van der Waals surface area contributed by atoms with Crippen LogP contribution in [0.1, 0.15) is 80.6 Å². The highest BCUT2D eigenvalue weighted by Gasteiger charge is 2.39. The summed E-state index contributed by atoms with van der Waals surface area (Å²) in [7, 11) is 0. The van der Waals surface area contributed by atoms with E-state index in [1.165, 1.54) is 0 Å². The second-order valence-electron chi connectivity index (χ2n) is 9.05. The van der Waals surface area contributed by atoms with Crippen LogP contribution in [0.4, 0.5) is 4.79 Å². The number of nitrogens with one attached hydrogen (secondary N) is 3. The normalized spacial score (nSPS) is 13.8. The lowest BCUT2D eigenvalue weighted by Gasteiger charge is -2.36. The number of carbonyl (C=O) groups is 3. The van der Waals surface area contributed by atoms with Crippen LogP contribution in [-0.2, 0) is 14.3 Å². The number of alkyl carbamates (subject to hydrolysis) is 1. The molecule has 3 amide bonds. The van der Waals surface area contributed by atoms with Gasteiger partial charge in [-0.2, -0.15) is 0 Å². The predicted octanol–water partition coefficient (Wildman–Crippen LogP) is 3.44. The number of allylic oxidation sites excluding steroid dienone is 1. The molecule has 0 aromatic carbocycles. The highest BCUT2D eigenvalue weighted by atomic mass is 16.6. The molecule has 7 heteroatoms. The number of carbonyl (C=O) groups excluding carboxylic acids is 3. The van der Waals surface area contributed by atoms with Crippen molar-refractivity contribution in [3.63, 3.8) is 0 Å². The zero-order valence-corrected chi connectivity index (χ0v) is 18.7. The SMILES string of the molecule is C=CCCC(CCCNC(=O)OC(C)(C)C)(NC(=O)CC)C(=O)NC(C)(C)C. The first-order valence-electron chi connectivity index (χ1n) is 9.96. The number of rotatable bonds is 10. The zero-order chi connectivity index (χ0) is 22.0. The molecule has 0 aliphatic carbocycles. The summed E-state index contributed by atoms with van der Waals surface area (Å²) in [6.45, 7) is 16.9. The summed E-state index contributed by atoms with van der Waals surface area (Å²) in [6.07, 6.45) is 3.45. The molecule has 0 spiro atoms. The number of amides is 3. The molecule has 3 N–H and O–H groups in total. The Kier molecular flexibility index (Phi) is 10.3. The van der Waals surface area contributed by atoms with Gasteiger partial charge in [-0.05, 0) is 67.2 Å². The molecule has 0 saturated heterocycles. The average molecular weight is 398 g/mol. The Bertz CT molecular complexity index is 547. The van der Waals surface area contributed by atoms with Crippen molar-refractivity contribution in [2.24, 2.45) is 0 Å². The molecule has 1 atom stereocenters. The predicted molar refractivity (Wildman–Crippen MR) is 112 cm³/mol. The summed E-state index contributed by atoms with van der Waals surface area (Å²) in [4.78, 5) is 37.0. The molecular formula is C21H39N3O4. The van der Waals surface area contributed by atoms with Crippen molar-refractivity contribution in [1.82, 2.24) is 16.0 Å². The van der Waals surface area contributed by atoms with Crippen molar-refractivity contribution < 1.29 is 19.1 Å². The summed E-state index contributed by atoms with van der Waals surface area (Å²) in [5, 5.41) is 8.60. The molecule has 0 aliphatic rings. The van der Waals surface area contributed by atoms with E-state index in [1.807, 2.05) is 20.8 Å². The molecule has 0 radical (unpaired) electrons. The third-order valence-electron chi connectivity index (χ3n) is 3.85. The van der Waals surface area contributed by atoms with Gasteiger partial charge in [0.05, 0.1) is 0 Å². The Morgan fingerprint density at radius 2 is 1.61 bits per heavy atom. The first kappa shape index (κ1) is 26.0. The van der Waals surface area contributed by atoms with E-state index >= 15 is 0 Å². The average Bonchev–Trinajstić information content (AvgIpc) is 2.52. The lowest BCUT2D eigenvalue weighted by Crippen LogP contribution is -2.61. The first-order chi connectivity index (χ1) is 12.7. The molecule has 0 rings (SSSR count). The lowest BCUT2D eigenvalue weighted by molar-refractivity contribution is -0.135. The molecule has 0 aliphatic heterocycles. The van der Waals surface area contributed by atoms with E-state index < -0.39 is 22.8 Å². The fourth-order valence-electron chi connectivity index (χ4n) is 2.59. The van der Waals surface area contributed by atoms with Crippen molar-refractivity contribution in [3.05, 3.63) is 12.7 Å². The first-order valence-corrected chi connectivity index (χ1v) is 9.96. The van der Waals surface area contributed by atoms with Crippen LogP contribution in [0.3, 0.4) is 0 Å². The van der Waals surface area contributed by atoms with Gasteiger partial charge < -0.3 is 20.7 Å². The maximum absolute atomic E-state index is 13.1. The second kappa shape index (κ2) is 11.1. The van der Waals surface area contributed by atoms with Crippen LogP contribution in [0, 0.1) is 0 Å². The van der Waals surface area contributed by atoms with E-state index in [1.54, 1.807) is 33.8 Å². The van der Waals surface area contributed by atoms with Gasteiger partial charge in [0.1, 0.15) is 11.1 Å². The highest BCUT2D eigenvalue weighted by Crippen LogP contribution is 2.22. The standard InChI is InChI=1S/C21H39N3O4/c1-9-11-13-21(23-16(25)10-2,17(26)24-19(3,4)5)14-12-15-22-18(27)28-20(6,7)8/h9H,1,10-15H2,2-8H3,(H,22,27)(H,23,25)(H,24,26). The molecule has 7 nitrogen and oxygen atoms in total. The van der Waals surface area contributed by atoms with Gasteiger partial charge in [-0.1, -0.05) is 13.0 Å². The van der Waals surface area contributed by atoms with Crippen LogP contribution in [0.15, 0.2) is 12.7 Å². The minimum absolute atomic E-state index is 0.187. The minimum atomic E-state index is -1.05. The molecule has 162 valence electrons. The molecule has 0 aromatic rings. The highest BCUT2D eigenvalue weighted by molar-refractivity contribution is 5.91. The molecule has 0 heterocycles. The summed E-state index contributed by atoms with van der Waals surface area (Å²) in [6, 6.07) is 0. The van der Waals surface area contributed by atoms with E-state index in [0.717, 1.165) is 0 Å². The van der Waals surface area contributed by atoms with E-state index in [2.05, 4.69) is 22.5 Å². The smallest absolute Gasteiger partial charge is 0.407 e. The van der Waals surface area contributed by atoms with Crippen LogP contribution < -0.4 is 16.0 Å². The Labute approximate surface area is 170 Å². The summed E-state index contributed by atoms with van der Waals surface area (Å²) in [5.74, 6) is -0.408. The maximum atomic E-state index is 13.1. The van der Waals surface area contributed by atoms with Gasteiger partial charge in [-0.15, -0.1) is 6.58 Å². The summed E-state index contributed by atoms with van der Waals surface area (Å²) >= 11 is 0. The lowest BCUT2D eigenvalue weighted by atomic mass is 9.85. The Morgan fingerprint density at radius 1 is 1.00 bits per heavy atom. The zero-order valence-electron chi connectivity index (χ0n) is 18.7. The maximum Gasteiger partial charge on any atom is 0.407 e. The third kappa shape index (κ3) is 10.9. The van der Waals surface area contributed by atoms with Crippen molar-refractivity contribution in [1.29, 1.82) is 0 Å². The topological polar surface area (TPSA) is 96.5 Å². The fourth-order valence-corrected chi connectivity index (χ4v) is 2.59. The molecule has 0 fully saturated rings. The van der Waals surface area contributed by atoms with Gasteiger partial charge >= 0.3 is 6.09 Å². The van der Waals surface area contributed by atoms with E-state index in [-0.39, 0.29) is 18.2 Å². The monoisotopic (exact) mass is 397 g/mol. The number of ether oxygens (including phenoxy) is 1. The Morgan fingerprint density at radius 3 is 2.07 bits per heavy atom. The number of hydrogen-bond donors (Lipinski definition) is 3. The van der Waals surface area contributed by atoms with Gasteiger partial charge in [0.15, 0.2) is 0 Å². The Balaban J connectivity index is 5.22. The van der Waals surface area contributed by atoms with Crippen molar-refractivity contribution in [2.75, 3.05) is 6.54 Å². The quantitative estimate of drug-likeness (QED) is 0.389. The van der Waals surface area contributed by atoms with Crippen LogP contribution in [0.2, 0.25) is 0 Å². The largest absolute Gasteiger partial charge is 0.444 e. The van der Waals surface area contributed by atoms with Crippen molar-refractivity contribution in [3.8, 4) is 0 Å². The van der Waals surface area contributed by atoms with Crippen LogP contribution in [0.25, 0.3) is 0 Å². The van der Waals surface area contributed by atoms with Crippen molar-refractivity contribution >= 4 is 17.9 Å². The van der Waals surface area contributed by atoms with E-state index in [4.69, 9.17) is 4.74 Å². The second-order valence-corrected chi connectivity index (χ2v) is 9.05. The number of hydrogen-bond acceptors (Lipinski definition) is 4. The van der Waals surface area contributed by atoms with E-state index in [9.17, 15) is 14.4 Å². The Hall–Kier alpha value is -2.05. The van der Waals surface area contributed by atoms with Crippen LogP contribution >= 0.6 is 0 Å². The molecule has 0 saturated carbocycles. The fraction of sp³-hybridized carbons (Fsp3) is 0.762. The van der Waals surface area contributed by atoms with Gasteiger partial charge in [0, 0.05) is 18.5 Å². The molecule has 1 unspecified atom stereocenters. The van der Waals surface area contributed by atoms with Gasteiger partial charge in [-0.25, -0.2) is 4.79 Å². The van der Waals surface area contributed by atoms with Crippen LogP contribution in [-0.4, -0.2) is 41.1 Å². The van der Waals surface area contributed by atoms with Gasteiger partial charge in [0.25, 0.3) is 0 Å². The molecule has 0 aromatic heterocycles. The van der Waals surface area contributed by atoms with Gasteiger partial charge in [0.2, 0.25) is 11.8 Å². The summed E-state index contributed by atoms with van der Waals surface area (Å²) in [5.41, 5.74) is -2.05. The molecular weight excluding hydrogens is 358 g/mol. The van der Waals surface area contributed by atoms with E-state index in [0.29, 0.717) is 32.2 Å². The minimum Gasteiger partial charge on any atom is -0.444 e. The van der Waals surface area contributed by atoms with Crippen LogP contribution in [0.5, 0.6) is 0 Å².